The van der Waals surface area contributed by atoms with Crippen LogP contribution in [0.4, 0.5) is 0 Å². The summed E-state index contributed by atoms with van der Waals surface area (Å²) in [5, 5.41) is 9.52. The molecule has 0 fully saturated rings. The molecule has 2 rings (SSSR count). The molecule has 0 atom stereocenters. The molecule has 0 saturated carbocycles. The molecule has 0 radical (unpaired) electrons. The van der Waals surface area contributed by atoms with Gasteiger partial charge in [0.1, 0.15) is 0 Å². The minimum absolute atomic E-state index is 0.0504. The van der Waals surface area contributed by atoms with Crippen LogP contribution in [0.3, 0.4) is 0 Å². The zero-order valence-electron chi connectivity index (χ0n) is 12.0. The second kappa shape index (κ2) is 5.94. The number of amides is 2. The maximum atomic E-state index is 12.1. The highest BCUT2D eigenvalue weighted by Gasteiger charge is 2.23. The molecular formula is C13H20N4O3. The van der Waals surface area contributed by atoms with Crippen molar-refractivity contribution in [2.75, 3.05) is 13.2 Å². The van der Waals surface area contributed by atoms with Gasteiger partial charge in [0.25, 0.3) is 5.91 Å². The first-order chi connectivity index (χ1) is 9.49. The van der Waals surface area contributed by atoms with Gasteiger partial charge in [-0.1, -0.05) is 0 Å². The Labute approximate surface area is 117 Å². The van der Waals surface area contributed by atoms with Gasteiger partial charge in [0.2, 0.25) is 11.8 Å². The summed E-state index contributed by atoms with van der Waals surface area (Å²) in [6, 6.07) is 0.0504. The summed E-state index contributed by atoms with van der Waals surface area (Å²) < 4.78 is 7.20. The number of aromatic nitrogens is 2. The van der Waals surface area contributed by atoms with Crippen molar-refractivity contribution in [2.45, 2.75) is 39.8 Å². The van der Waals surface area contributed by atoms with E-state index in [4.69, 9.17) is 4.74 Å². The van der Waals surface area contributed by atoms with E-state index in [1.165, 1.54) is 0 Å². The number of hydrogen-bond acceptors (Lipinski definition) is 4. The van der Waals surface area contributed by atoms with Crippen molar-refractivity contribution >= 4 is 11.8 Å². The number of nitrogens with one attached hydrogen (secondary N) is 2. The van der Waals surface area contributed by atoms with Crippen LogP contribution >= 0.6 is 0 Å². The fourth-order valence-corrected chi connectivity index (χ4v) is 2.09. The summed E-state index contributed by atoms with van der Waals surface area (Å²) in [4.78, 5) is 23.5. The van der Waals surface area contributed by atoms with Gasteiger partial charge in [-0.15, -0.1) is 0 Å². The first-order valence-corrected chi connectivity index (χ1v) is 6.76. The van der Waals surface area contributed by atoms with Crippen LogP contribution in [-0.4, -0.2) is 40.8 Å². The third kappa shape index (κ3) is 3.09. The van der Waals surface area contributed by atoms with Gasteiger partial charge in [0.05, 0.1) is 13.2 Å². The van der Waals surface area contributed by atoms with E-state index < -0.39 is 0 Å². The van der Waals surface area contributed by atoms with Crippen molar-refractivity contribution in [1.82, 2.24) is 20.4 Å². The predicted octanol–water partition coefficient (Wildman–Crippen LogP) is 0.228. The highest BCUT2D eigenvalue weighted by molar-refractivity contribution is 5.96. The number of rotatable bonds is 4. The van der Waals surface area contributed by atoms with Crippen molar-refractivity contribution in [3.63, 3.8) is 0 Å². The molecule has 2 amide bonds. The Morgan fingerprint density at radius 2 is 2.20 bits per heavy atom. The molecule has 1 aliphatic rings. The lowest BCUT2D eigenvalue weighted by Gasteiger charge is -2.14. The Morgan fingerprint density at radius 3 is 2.85 bits per heavy atom. The van der Waals surface area contributed by atoms with E-state index in [1.54, 1.807) is 11.6 Å². The largest absolute Gasteiger partial charge is 0.478 e. The van der Waals surface area contributed by atoms with Crippen molar-refractivity contribution in [3.05, 3.63) is 11.3 Å². The van der Waals surface area contributed by atoms with Crippen molar-refractivity contribution < 1.29 is 14.3 Å². The summed E-state index contributed by atoms with van der Waals surface area (Å²) in [5.41, 5.74) is 1.03. The standard InChI is InChI=1S/C13H20N4O3/c1-8(2)15-10(18)7-14-12(19)11-9(3)13-17(16-11)5-4-6-20-13/h8H,4-7H2,1-3H3,(H,14,19)(H,15,18). The molecular weight excluding hydrogens is 260 g/mol. The van der Waals surface area contributed by atoms with Crippen LogP contribution in [0.2, 0.25) is 0 Å². The van der Waals surface area contributed by atoms with Gasteiger partial charge in [-0.3, -0.25) is 9.59 Å². The summed E-state index contributed by atoms with van der Waals surface area (Å²) in [6.07, 6.45) is 0.881. The van der Waals surface area contributed by atoms with E-state index in [9.17, 15) is 9.59 Å². The molecule has 7 nitrogen and oxygen atoms in total. The predicted molar refractivity (Wildman–Crippen MR) is 72.7 cm³/mol. The molecule has 1 aromatic rings. The van der Waals surface area contributed by atoms with Crippen LogP contribution < -0.4 is 15.4 Å². The second-order valence-electron chi connectivity index (χ2n) is 5.11. The molecule has 2 heterocycles. The molecule has 0 aromatic carbocycles. The Bertz CT molecular complexity index is 522. The number of ether oxygens (including phenoxy) is 1. The molecule has 1 aliphatic heterocycles. The quantitative estimate of drug-likeness (QED) is 0.826. The van der Waals surface area contributed by atoms with Crippen molar-refractivity contribution in [1.29, 1.82) is 0 Å². The van der Waals surface area contributed by atoms with Crippen LogP contribution in [0, 0.1) is 6.92 Å². The van der Waals surface area contributed by atoms with Gasteiger partial charge >= 0.3 is 0 Å². The van der Waals surface area contributed by atoms with Crippen LogP contribution in [0.25, 0.3) is 0 Å². The van der Waals surface area contributed by atoms with Crippen LogP contribution in [0.15, 0.2) is 0 Å². The Kier molecular flexibility index (Phi) is 4.26. The monoisotopic (exact) mass is 280 g/mol. The highest BCUT2D eigenvalue weighted by Crippen LogP contribution is 2.24. The smallest absolute Gasteiger partial charge is 0.272 e. The number of carbonyl (C=O) groups is 2. The van der Waals surface area contributed by atoms with E-state index >= 15 is 0 Å². The van der Waals surface area contributed by atoms with Gasteiger partial charge in [0, 0.05) is 24.6 Å². The van der Waals surface area contributed by atoms with E-state index in [1.807, 2.05) is 13.8 Å². The summed E-state index contributed by atoms with van der Waals surface area (Å²) >= 11 is 0. The molecule has 2 N–H and O–H groups in total. The maximum Gasteiger partial charge on any atom is 0.272 e. The summed E-state index contributed by atoms with van der Waals surface area (Å²) in [6.45, 7) is 6.86. The fourth-order valence-electron chi connectivity index (χ4n) is 2.09. The Hall–Kier alpha value is -2.05. The van der Waals surface area contributed by atoms with Gasteiger partial charge in [0.15, 0.2) is 5.69 Å². The normalized spacial score (nSPS) is 13.6. The second-order valence-corrected chi connectivity index (χ2v) is 5.11. The third-order valence-electron chi connectivity index (χ3n) is 2.96. The number of fused-ring (bicyclic) bond motifs is 1. The SMILES string of the molecule is Cc1c(C(=O)NCC(=O)NC(C)C)nn2c1OCCC2. The zero-order valence-corrected chi connectivity index (χ0v) is 12.0. The molecule has 1 aromatic heterocycles. The highest BCUT2D eigenvalue weighted by atomic mass is 16.5. The van der Waals surface area contributed by atoms with Crippen molar-refractivity contribution in [2.24, 2.45) is 0 Å². The lowest BCUT2D eigenvalue weighted by molar-refractivity contribution is -0.120. The van der Waals surface area contributed by atoms with E-state index in [0.29, 0.717) is 23.7 Å². The van der Waals surface area contributed by atoms with Gasteiger partial charge in [-0.2, -0.15) is 5.10 Å². The van der Waals surface area contributed by atoms with E-state index in [0.717, 1.165) is 13.0 Å². The number of carbonyl (C=O) groups excluding carboxylic acids is 2. The molecule has 110 valence electrons. The van der Waals surface area contributed by atoms with Crippen LogP contribution in [0.5, 0.6) is 5.88 Å². The van der Waals surface area contributed by atoms with Crippen LogP contribution in [0.1, 0.15) is 36.3 Å². The zero-order chi connectivity index (χ0) is 14.7. The molecule has 0 bridgehead atoms. The average molecular weight is 280 g/mol. The third-order valence-corrected chi connectivity index (χ3v) is 2.96. The van der Waals surface area contributed by atoms with Gasteiger partial charge in [-0.05, 0) is 20.8 Å². The molecule has 0 spiro atoms. The maximum absolute atomic E-state index is 12.1. The number of aryl methyl sites for hydroxylation is 1. The molecule has 0 unspecified atom stereocenters. The minimum atomic E-state index is -0.355. The Morgan fingerprint density at radius 1 is 1.45 bits per heavy atom. The number of nitrogens with zero attached hydrogens (tertiary/aromatic N) is 2. The first-order valence-electron chi connectivity index (χ1n) is 6.76. The molecule has 0 aliphatic carbocycles. The van der Waals surface area contributed by atoms with Crippen LogP contribution in [-0.2, 0) is 11.3 Å². The lowest BCUT2D eigenvalue weighted by atomic mass is 10.2. The van der Waals surface area contributed by atoms with Gasteiger partial charge in [-0.25, -0.2) is 4.68 Å². The Balaban J connectivity index is 1.99. The lowest BCUT2D eigenvalue weighted by Crippen LogP contribution is -2.40. The minimum Gasteiger partial charge on any atom is -0.478 e. The fraction of sp³-hybridized carbons (Fsp3) is 0.615. The molecule has 20 heavy (non-hydrogen) atoms. The molecule has 0 saturated heterocycles. The summed E-state index contributed by atoms with van der Waals surface area (Å²) in [7, 11) is 0. The van der Waals surface area contributed by atoms with E-state index in [-0.39, 0.29) is 24.4 Å². The average Bonchev–Trinajstić information content (AvgIpc) is 2.73. The van der Waals surface area contributed by atoms with Gasteiger partial charge < -0.3 is 15.4 Å². The molecule has 7 heteroatoms. The summed E-state index contributed by atoms with van der Waals surface area (Å²) in [5.74, 6) is 0.0752. The first kappa shape index (κ1) is 14.4. The number of hydrogen-bond donors (Lipinski definition) is 2. The van der Waals surface area contributed by atoms with E-state index in [2.05, 4.69) is 15.7 Å². The topological polar surface area (TPSA) is 85.3 Å². The van der Waals surface area contributed by atoms with Crippen molar-refractivity contribution in [3.8, 4) is 5.88 Å².